The molecule has 0 aromatic rings. The second kappa shape index (κ2) is 9.34. The summed E-state index contributed by atoms with van der Waals surface area (Å²) in [6.07, 6.45) is 6.04. The first kappa shape index (κ1) is 26.8. The van der Waals surface area contributed by atoms with E-state index >= 15 is 0 Å². The monoisotopic (exact) mass is 544 g/mol. The van der Waals surface area contributed by atoms with Gasteiger partial charge in [0.2, 0.25) is 0 Å². The molecule has 39 heavy (non-hydrogen) atoms. The van der Waals surface area contributed by atoms with Crippen molar-refractivity contribution >= 4 is 17.7 Å². The van der Waals surface area contributed by atoms with Gasteiger partial charge in [-0.25, -0.2) is 9.59 Å². The second-order valence-electron chi connectivity index (χ2n) is 12.0. The van der Waals surface area contributed by atoms with Crippen molar-refractivity contribution in [2.45, 2.75) is 88.0 Å². The third kappa shape index (κ3) is 3.75. The van der Waals surface area contributed by atoms with Crippen LogP contribution in [0.3, 0.4) is 0 Å². The topological polar surface area (TPSA) is 141 Å². The zero-order valence-electron chi connectivity index (χ0n) is 22.4. The van der Waals surface area contributed by atoms with E-state index in [1.54, 1.807) is 6.08 Å². The molecule has 4 bridgehead atoms. The molecule has 2 aliphatic carbocycles. The van der Waals surface area contributed by atoms with E-state index in [9.17, 15) is 24.6 Å². The summed E-state index contributed by atoms with van der Waals surface area (Å²) in [6, 6.07) is 0. The van der Waals surface area contributed by atoms with Crippen molar-refractivity contribution in [3.05, 3.63) is 35.5 Å². The van der Waals surface area contributed by atoms with Crippen molar-refractivity contribution in [3.8, 4) is 0 Å². The number of rotatable bonds is 2. The maximum absolute atomic E-state index is 13.2. The summed E-state index contributed by atoms with van der Waals surface area (Å²) < 4.78 is 30.5. The van der Waals surface area contributed by atoms with Crippen LogP contribution in [0.15, 0.2) is 35.5 Å². The number of cyclic esters (lactones) is 1. The van der Waals surface area contributed by atoms with Gasteiger partial charge in [-0.05, 0) is 44.6 Å². The van der Waals surface area contributed by atoms with E-state index in [1.807, 2.05) is 0 Å². The first-order valence-corrected chi connectivity index (χ1v) is 13.8. The van der Waals surface area contributed by atoms with Crippen molar-refractivity contribution < 1.29 is 48.3 Å². The Balaban J connectivity index is 1.41. The van der Waals surface area contributed by atoms with Crippen molar-refractivity contribution in [2.75, 3.05) is 26.4 Å². The Bertz CT molecular complexity index is 1170. The highest BCUT2D eigenvalue weighted by molar-refractivity contribution is 5.90. The lowest BCUT2D eigenvalue weighted by Crippen LogP contribution is -2.66. The fourth-order valence-corrected chi connectivity index (χ4v) is 7.92. The van der Waals surface area contributed by atoms with Gasteiger partial charge in [0.05, 0.1) is 30.8 Å². The number of allylic oxidation sites excluding steroid dienone is 2. The number of carbonyl (C=O) groups excluding carboxylic acids is 3. The van der Waals surface area contributed by atoms with Gasteiger partial charge in [-0.15, -0.1) is 0 Å². The van der Waals surface area contributed by atoms with Crippen LogP contribution in [0.4, 0.5) is 0 Å². The first-order chi connectivity index (χ1) is 18.6. The number of hydrogen-bond acceptors (Lipinski definition) is 10. The standard InChI is InChI=1S/C29H36O10/c1-17-6-9-27-15-35-24(33)12-18-7-10-36-28(25(18)34,19(31)14-30)8-4-3-5-23(32)39-20-13-22(38-21(27)11-17)29(16-37-29)26(20,27)2/h3,5,11-12,20-22,25,30,34H,4,6-10,13-16H2,1-2H3/b5-3-,18-12+/t20-,21?,22-,25?,26-,27?,28?,29?/m1/s1. The highest BCUT2D eigenvalue weighted by Gasteiger charge is 2.83. The summed E-state index contributed by atoms with van der Waals surface area (Å²) in [5.74, 6) is -1.87. The minimum atomic E-state index is -1.73. The third-order valence-corrected chi connectivity index (χ3v) is 10.3. The summed E-state index contributed by atoms with van der Waals surface area (Å²) in [7, 11) is 0. The van der Waals surface area contributed by atoms with Crippen LogP contribution < -0.4 is 0 Å². The number of esters is 2. The number of ether oxygens (including phenoxy) is 5. The van der Waals surface area contributed by atoms with Crippen molar-refractivity contribution in [1.82, 2.24) is 0 Å². The molecule has 0 aromatic carbocycles. The van der Waals surface area contributed by atoms with Gasteiger partial charge < -0.3 is 33.9 Å². The Morgan fingerprint density at radius 1 is 1.10 bits per heavy atom. The first-order valence-electron chi connectivity index (χ1n) is 13.8. The van der Waals surface area contributed by atoms with Crippen LogP contribution in [0.1, 0.15) is 52.4 Å². The summed E-state index contributed by atoms with van der Waals surface area (Å²) in [4.78, 5) is 39.1. The van der Waals surface area contributed by atoms with Gasteiger partial charge >= 0.3 is 11.9 Å². The van der Waals surface area contributed by atoms with E-state index in [-0.39, 0.29) is 44.7 Å². The Kier molecular flexibility index (Phi) is 6.43. The van der Waals surface area contributed by atoms with Gasteiger partial charge in [0, 0.05) is 24.0 Å². The predicted molar refractivity (Wildman–Crippen MR) is 134 cm³/mol. The van der Waals surface area contributed by atoms with E-state index in [0.717, 1.165) is 6.42 Å². The van der Waals surface area contributed by atoms with Gasteiger partial charge in [0.25, 0.3) is 0 Å². The molecule has 10 heteroatoms. The smallest absolute Gasteiger partial charge is 0.330 e. The van der Waals surface area contributed by atoms with Crippen LogP contribution in [0, 0.1) is 10.8 Å². The average molecular weight is 545 g/mol. The number of Topliss-reactive ketones (excluding diaryl/α,β-unsaturated/α-hetero) is 1. The van der Waals surface area contributed by atoms with Gasteiger partial charge in [-0.3, -0.25) is 4.79 Å². The van der Waals surface area contributed by atoms with Crippen LogP contribution in [-0.2, 0) is 38.1 Å². The predicted octanol–water partition coefficient (Wildman–Crippen LogP) is 1.47. The van der Waals surface area contributed by atoms with Crippen LogP contribution >= 0.6 is 0 Å². The van der Waals surface area contributed by atoms with Crippen LogP contribution in [0.2, 0.25) is 0 Å². The highest BCUT2D eigenvalue weighted by atomic mass is 16.6. The summed E-state index contributed by atoms with van der Waals surface area (Å²) >= 11 is 0. The average Bonchev–Trinajstić information content (AvgIpc) is 3.69. The number of epoxide rings is 1. The molecular formula is C29H36O10. The fraction of sp³-hybridized carbons (Fsp3) is 0.690. The molecule has 6 rings (SSSR count). The molecule has 3 saturated heterocycles. The van der Waals surface area contributed by atoms with E-state index in [0.29, 0.717) is 25.0 Å². The largest absolute Gasteiger partial charge is 0.462 e. The van der Waals surface area contributed by atoms with E-state index in [1.165, 1.54) is 17.7 Å². The minimum absolute atomic E-state index is 0.00815. The fourth-order valence-electron chi connectivity index (χ4n) is 7.92. The van der Waals surface area contributed by atoms with E-state index < -0.39 is 58.6 Å². The molecule has 0 amide bonds. The van der Waals surface area contributed by atoms with Crippen molar-refractivity contribution in [1.29, 1.82) is 0 Å². The van der Waals surface area contributed by atoms with Crippen molar-refractivity contribution in [2.24, 2.45) is 10.8 Å². The molecule has 1 saturated carbocycles. The van der Waals surface area contributed by atoms with Gasteiger partial charge in [-0.2, -0.15) is 0 Å². The minimum Gasteiger partial charge on any atom is -0.462 e. The van der Waals surface area contributed by atoms with Gasteiger partial charge in [0.15, 0.2) is 11.4 Å². The maximum atomic E-state index is 13.2. The molecule has 5 unspecified atom stereocenters. The molecule has 212 valence electrons. The molecule has 10 nitrogen and oxygen atoms in total. The Morgan fingerprint density at radius 3 is 2.64 bits per heavy atom. The van der Waals surface area contributed by atoms with Crippen LogP contribution in [0.5, 0.6) is 0 Å². The zero-order valence-corrected chi connectivity index (χ0v) is 22.4. The Hall–Kier alpha value is -2.37. The SMILES string of the molecule is CC1=CC2O[C@@H]3C[C@H]4OC(=O)/C=C\CCC5(C(=O)CO)OCC/C(=C\C(=O)OCC2(CC1)[C@]4(C)C31CO1)C5O. The van der Waals surface area contributed by atoms with Crippen LogP contribution in [0.25, 0.3) is 0 Å². The normalized spacial score (nSPS) is 47.7. The summed E-state index contributed by atoms with van der Waals surface area (Å²) in [6.45, 7) is 3.88. The summed E-state index contributed by atoms with van der Waals surface area (Å²) in [5.41, 5.74) is -2.22. The number of carbonyl (C=O) groups is 3. The van der Waals surface area contributed by atoms with Crippen LogP contribution in [-0.4, -0.2) is 90.0 Å². The number of hydrogen-bond donors (Lipinski definition) is 2. The van der Waals surface area contributed by atoms with Gasteiger partial charge in [-0.1, -0.05) is 24.6 Å². The lowest BCUT2D eigenvalue weighted by molar-refractivity contribution is -0.232. The molecule has 4 aliphatic heterocycles. The molecule has 4 heterocycles. The quantitative estimate of drug-likeness (QED) is 0.298. The molecule has 4 fully saturated rings. The Morgan fingerprint density at radius 2 is 1.90 bits per heavy atom. The number of ketones is 1. The molecule has 8 atom stereocenters. The van der Waals surface area contributed by atoms with E-state index in [4.69, 9.17) is 23.7 Å². The lowest BCUT2D eigenvalue weighted by Gasteiger charge is -2.58. The van der Waals surface area contributed by atoms with Crippen molar-refractivity contribution in [3.63, 3.8) is 0 Å². The molecule has 2 N–H and O–H groups in total. The molecular weight excluding hydrogens is 508 g/mol. The number of aliphatic hydroxyl groups excluding tert-OH is 2. The number of fused-ring (bicyclic) bond motifs is 2. The second-order valence-corrected chi connectivity index (χ2v) is 12.0. The highest BCUT2D eigenvalue weighted by Crippen LogP contribution is 2.72. The molecule has 6 aliphatic rings. The number of aliphatic hydroxyl groups is 2. The molecule has 0 aromatic heterocycles. The third-order valence-electron chi connectivity index (χ3n) is 10.3. The summed E-state index contributed by atoms with van der Waals surface area (Å²) in [5, 5.41) is 20.8. The molecule has 2 spiro atoms. The van der Waals surface area contributed by atoms with E-state index in [2.05, 4.69) is 19.9 Å². The lowest BCUT2D eigenvalue weighted by atomic mass is 9.51. The van der Waals surface area contributed by atoms with Gasteiger partial charge in [0.1, 0.15) is 31.0 Å². The molecule has 0 radical (unpaired) electrons. The Labute approximate surface area is 226 Å². The zero-order chi connectivity index (χ0) is 27.6. The maximum Gasteiger partial charge on any atom is 0.330 e.